The van der Waals surface area contributed by atoms with E-state index in [2.05, 4.69) is 5.32 Å². The molecule has 0 aliphatic carbocycles. The number of hydrogen-bond acceptors (Lipinski definition) is 5. The summed E-state index contributed by atoms with van der Waals surface area (Å²) in [4.78, 5) is 40.8. The number of benzene rings is 2. The van der Waals surface area contributed by atoms with Gasteiger partial charge in [-0.25, -0.2) is 4.98 Å². The van der Waals surface area contributed by atoms with Gasteiger partial charge in [-0.15, -0.1) is 0 Å². The van der Waals surface area contributed by atoms with Crippen molar-refractivity contribution >= 4 is 40.1 Å². The Morgan fingerprint density at radius 2 is 2.00 bits per heavy atom. The van der Waals surface area contributed by atoms with Crippen molar-refractivity contribution in [2.75, 3.05) is 11.9 Å². The van der Waals surface area contributed by atoms with Crippen LogP contribution in [0.2, 0.25) is 0 Å². The summed E-state index contributed by atoms with van der Waals surface area (Å²) in [6, 6.07) is 12.5. The smallest absolute Gasteiger partial charge is 0.315 e. The lowest BCUT2D eigenvalue weighted by Crippen LogP contribution is -2.27. The monoisotopic (exact) mass is 433 g/mol. The number of aliphatic carboxylic acids is 1. The van der Waals surface area contributed by atoms with E-state index in [9.17, 15) is 14.4 Å². The molecule has 8 nitrogen and oxygen atoms in total. The molecule has 3 aromatic rings. The average molecular weight is 433 g/mol. The van der Waals surface area contributed by atoms with Crippen LogP contribution in [0.4, 0.5) is 5.69 Å². The van der Waals surface area contributed by atoms with Crippen molar-refractivity contribution < 1.29 is 19.4 Å². The zero-order valence-corrected chi connectivity index (χ0v) is 17.8. The van der Waals surface area contributed by atoms with Gasteiger partial charge in [0, 0.05) is 12.2 Å². The maximum atomic E-state index is 13.0. The predicted octanol–water partition coefficient (Wildman–Crippen LogP) is 3.40. The molecule has 8 heteroatoms. The number of carbonyl (C=O) groups is 2. The number of amides is 1. The summed E-state index contributed by atoms with van der Waals surface area (Å²) in [7, 11) is 0. The molecule has 4 rings (SSSR count). The molecule has 0 bridgehead atoms. The molecule has 1 aliphatic rings. The highest BCUT2D eigenvalue weighted by atomic mass is 16.5. The summed E-state index contributed by atoms with van der Waals surface area (Å²) in [6.07, 6.45) is 2.69. The summed E-state index contributed by atoms with van der Waals surface area (Å²) < 4.78 is 7.14. The third-order valence-corrected chi connectivity index (χ3v) is 5.41. The first-order valence-corrected chi connectivity index (χ1v) is 10.4. The molecule has 0 saturated heterocycles. The van der Waals surface area contributed by atoms with Crippen LogP contribution in [-0.4, -0.2) is 33.1 Å². The van der Waals surface area contributed by atoms with Gasteiger partial charge >= 0.3 is 5.97 Å². The van der Waals surface area contributed by atoms with E-state index in [-0.39, 0.29) is 5.56 Å². The van der Waals surface area contributed by atoms with Crippen LogP contribution >= 0.6 is 0 Å². The van der Waals surface area contributed by atoms with Crippen LogP contribution in [0.3, 0.4) is 0 Å². The zero-order valence-electron chi connectivity index (χ0n) is 17.8. The molecule has 164 valence electrons. The van der Waals surface area contributed by atoms with Crippen LogP contribution < -0.4 is 15.6 Å². The molecule has 2 heterocycles. The average Bonchev–Trinajstić information content (AvgIpc) is 3.17. The van der Waals surface area contributed by atoms with E-state index >= 15 is 0 Å². The first-order valence-electron chi connectivity index (χ1n) is 10.4. The highest BCUT2D eigenvalue weighted by Gasteiger charge is 2.23. The van der Waals surface area contributed by atoms with Crippen molar-refractivity contribution in [3.8, 4) is 5.75 Å². The second-order valence-electron chi connectivity index (χ2n) is 7.59. The van der Waals surface area contributed by atoms with Crippen molar-refractivity contribution in [3.05, 3.63) is 64.2 Å². The lowest BCUT2D eigenvalue weighted by Gasteiger charge is -2.10. The molecule has 0 fully saturated rings. The first-order chi connectivity index (χ1) is 15.4. The Morgan fingerprint density at radius 3 is 2.69 bits per heavy atom. The van der Waals surface area contributed by atoms with E-state index in [1.807, 2.05) is 37.3 Å². The van der Waals surface area contributed by atoms with Gasteiger partial charge in [-0.3, -0.25) is 19.0 Å². The van der Waals surface area contributed by atoms with E-state index in [0.717, 1.165) is 16.9 Å². The lowest BCUT2D eigenvalue weighted by atomic mass is 10.1. The molecule has 0 spiro atoms. The number of anilines is 1. The normalized spacial score (nSPS) is 14.9. The number of ether oxygens (including phenoxy) is 1. The number of carboxylic acids is 1. The van der Waals surface area contributed by atoms with Gasteiger partial charge in [0.1, 0.15) is 17.5 Å². The molecule has 1 aromatic heterocycles. The standard InChI is InChI=1S/C24H23N3O5/c1-3-32-18-7-4-15(5-8-18)12-16-10-11-27-21(16)26-20-13-17(6-9-19(20)23(27)29)25-22(28)14(2)24(30)31/h4-9,12-14H,3,10-11H2,1-2H3,(H,25,28)(H,30,31). The SMILES string of the molecule is CCOc1ccc(C=C2CCn3c2nc2cc(NC(=O)C(C)C(=O)O)ccc2c3=O)cc1. The molecule has 2 aromatic carbocycles. The minimum atomic E-state index is -1.21. The summed E-state index contributed by atoms with van der Waals surface area (Å²) in [5.74, 6) is -1.63. The van der Waals surface area contributed by atoms with E-state index in [1.54, 1.807) is 22.8 Å². The summed E-state index contributed by atoms with van der Waals surface area (Å²) >= 11 is 0. The summed E-state index contributed by atoms with van der Waals surface area (Å²) in [5, 5.41) is 12.0. The zero-order chi connectivity index (χ0) is 22.8. The Labute approximate surface area is 184 Å². The number of allylic oxidation sites excluding steroid dienone is 1. The molecule has 0 radical (unpaired) electrons. The van der Waals surface area contributed by atoms with Crippen LogP contribution in [0.15, 0.2) is 47.3 Å². The van der Waals surface area contributed by atoms with Crippen LogP contribution in [0.1, 0.15) is 31.7 Å². The van der Waals surface area contributed by atoms with Crippen molar-refractivity contribution in [2.45, 2.75) is 26.8 Å². The van der Waals surface area contributed by atoms with Gasteiger partial charge in [0.05, 0.1) is 17.5 Å². The number of carbonyl (C=O) groups excluding carboxylic acids is 1. The Hall–Kier alpha value is -3.94. The van der Waals surface area contributed by atoms with Gasteiger partial charge in [-0.2, -0.15) is 0 Å². The van der Waals surface area contributed by atoms with E-state index < -0.39 is 17.8 Å². The van der Waals surface area contributed by atoms with Crippen molar-refractivity contribution in [1.29, 1.82) is 0 Å². The van der Waals surface area contributed by atoms with Gasteiger partial charge in [-0.05, 0) is 67.8 Å². The van der Waals surface area contributed by atoms with Crippen LogP contribution in [-0.2, 0) is 16.1 Å². The van der Waals surface area contributed by atoms with Crippen LogP contribution in [0.25, 0.3) is 22.6 Å². The van der Waals surface area contributed by atoms with E-state index in [4.69, 9.17) is 14.8 Å². The van der Waals surface area contributed by atoms with Crippen molar-refractivity contribution in [1.82, 2.24) is 9.55 Å². The molecule has 1 unspecified atom stereocenters. The quantitative estimate of drug-likeness (QED) is 0.577. The second-order valence-corrected chi connectivity index (χ2v) is 7.59. The Morgan fingerprint density at radius 1 is 1.25 bits per heavy atom. The number of fused-ring (bicyclic) bond motifs is 2. The highest BCUT2D eigenvalue weighted by molar-refractivity contribution is 6.04. The van der Waals surface area contributed by atoms with E-state index in [0.29, 0.717) is 42.0 Å². The minimum absolute atomic E-state index is 0.142. The van der Waals surface area contributed by atoms with Gasteiger partial charge in [0.25, 0.3) is 5.56 Å². The first kappa shape index (κ1) is 21.3. The third-order valence-electron chi connectivity index (χ3n) is 5.41. The highest BCUT2D eigenvalue weighted by Crippen LogP contribution is 2.28. The largest absolute Gasteiger partial charge is 0.494 e. The number of nitrogens with zero attached hydrogens (tertiary/aromatic N) is 2. The van der Waals surface area contributed by atoms with Gasteiger partial charge in [0.15, 0.2) is 0 Å². The Bertz CT molecular complexity index is 1290. The number of rotatable bonds is 6. The molecule has 1 atom stereocenters. The number of aromatic nitrogens is 2. The van der Waals surface area contributed by atoms with Crippen molar-refractivity contribution in [2.24, 2.45) is 5.92 Å². The van der Waals surface area contributed by atoms with Crippen LogP contribution in [0.5, 0.6) is 5.75 Å². The number of nitrogens with one attached hydrogen (secondary N) is 1. The number of carboxylic acid groups (broad SMARTS) is 1. The molecular formula is C24H23N3O5. The molecule has 0 saturated carbocycles. The summed E-state index contributed by atoms with van der Waals surface area (Å²) in [5.41, 5.74) is 2.62. The molecular weight excluding hydrogens is 410 g/mol. The molecule has 1 aliphatic heterocycles. The fourth-order valence-electron chi connectivity index (χ4n) is 3.62. The molecule has 1 amide bonds. The molecule has 32 heavy (non-hydrogen) atoms. The Kier molecular flexibility index (Phi) is 5.77. The third kappa shape index (κ3) is 4.12. The second kappa shape index (κ2) is 8.66. The summed E-state index contributed by atoms with van der Waals surface area (Å²) in [6.45, 7) is 4.40. The Balaban J connectivity index is 1.68. The van der Waals surface area contributed by atoms with Crippen molar-refractivity contribution in [3.63, 3.8) is 0 Å². The predicted molar refractivity (Wildman–Crippen MR) is 122 cm³/mol. The van der Waals surface area contributed by atoms with Gasteiger partial charge < -0.3 is 15.2 Å². The van der Waals surface area contributed by atoms with Crippen LogP contribution in [0, 0.1) is 5.92 Å². The lowest BCUT2D eigenvalue weighted by molar-refractivity contribution is -0.144. The maximum absolute atomic E-state index is 13.0. The van der Waals surface area contributed by atoms with Gasteiger partial charge in [-0.1, -0.05) is 12.1 Å². The molecule has 2 N–H and O–H groups in total. The fraction of sp³-hybridized carbons (Fsp3) is 0.250. The van der Waals surface area contributed by atoms with Gasteiger partial charge in [0.2, 0.25) is 5.91 Å². The topological polar surface area (TPSA) is 111 Å². The van der Waals surface area contributed by atoms with E-state index in [1.165, 1.54) is 6.92 Å². The maximum Gasteiger partial charge on any atom is 0.315 e. The fourth-order valence-corrected chi connectivity index (χ4v) is 3.62. The minimum Gasteiger partial charge on any atom is -0.494 e. The number of hydrogen-bond donors (Lipinski definition) is 2.